The van der Waals surface area contributed by atoms with Crippen molar-refractivity contribution in [3.05, 3.63) is 30.4 Å². The summed E-state index contributed by atoms with van der Waals surface area (Å²) in [6.07, 6.45) is 5.02. The molecule has 0 atom stereocenters. The molecule has 0 unspecified atom stereocenters. The Morgan fingerprint density at radius 2 is 2.13 bits per heavy atom. The third-order valence-electron chi connectivity index (χ3n) is 1.87. The van der Waals surface area contributed by atoms with Crippen molar-refractivity contribution in [3.8, 4) is 0 Å². The maximum absolute atomic E-state index is 5.47. The Morgan fingerprint density at radius 3 is 2.73 bits per heavy atom. The highest BCUT2D eigenvalue weighted by atomic mass is 15.3. The van der Waals surface area contributed by atoms with Crippen LogP contribution in [0.15, 0.2) is 24.7 Å². The average molecular weight is 204 g/mol. The van der Waals surface area contributed by atoms with E-state index in [0.29, 0.717) is 18.2 Å². The lowest BCUT2D eigenvalue weighted by Gasteiger charge is -2.01. The van der Waals surface area contributed by atoms with E-state index in [1.165, 1.54) is 0 Å². The van der Waals surface area contributed by atoms with Crippen LogP contribution in [0.2, 0.25) is 0 Å². The second-order valence-electron chi connectivity index (χ2n) is 3.17. The molecule has 0 aliphatic rings. The quantitative estimate of drug-likeness (QED) is 0.756. The molecule has 0 aliphatic heterocycles. The van der Waals surface area contributed by atoms with E-state index in [4.69, 9.17) is 5.73 Å². The summed E-state index contributed by atoms with van der Waals surface area (Å²) in [5, 5.41) is 7.27. The lowest BCUT2D eigenvalue weighted by Crippen LogP contribution is -2.04. The fourth-order valence-corrected chi connectivity index (χ4v) is 1.16. The summed E-state index contributed by atoms with van der Waals surface area (Å²) in [7, 11) is 1.88. The Bertz CT molecular complexity index is 432. The van der Waals surface area contributed by atoms with Crippen LogP contribution < -0.4 is 11.1 Å². The molecule has 3 N–H and O–H groups in total. The number of nitrogen functional groups attached to an aromatic ring is 1. The van der Waals surface area contributed by atoms with Gasteiger partial charge in [0, 0.05) is 13.2 Å². The van der Waals surface area contributed by atoms with E-state index in [2.05, 4.69) is 20.4 Å². The molecule has 2 heterocycles. The van der Waals surface area contributed by atoms with Crippen molar-refractivity contribution in [2.24, 2.45) is 7.05 Å². The topological polar surface area (TPSA) is 81.7 Å². The number of hydrogen-bond donors (Lipinski definition) is 2. The Kier molecular flexibility index (Phi) is 2.49. The van der Waals surface area contributed by atoms with Crippen molar-refractivity contribution in [1.29, 1.82) is 0 Å². The van der Waals surface area contributed by atoms with Crippen LogP contribution in [0, 0.1) is 0 Å². The molecule has 2 aromatic heterocycles. The molecule has 0 saturated carbocycles. The number of aromatic nitrogens is 4. The number of aryl methyl sites for hydroxylation is 1. The van der Waals surface area contributed by atoms with Gasteiger partial charge in [-0.15, -0.1) is 0 Å². The van der Waals surface area contributed by atoms with E-state index in [0.717, 1.165) is 5.69 Å². The van der Waals surface area contributed by atoms with Crippen LogP contribution >= 0.6 is 0 Å². The van der Waals surface area contributed by atoms with Crippen LogP contribution in [0.1, 0.15) is 5.69 Å². The molecule has 0 saturated heterocycles. The Balaban J connectivity index is 1.96. The van der Waals surface area contributed by atoms with E-state index >= 15 is 0 Å². The monoisotopic (exact) mass is 204 g/mol. The number of rotatable bonds is 3. The van der Waals surface area contributed by atoms with Crippen LogP contribution in [0.3, 0.4) is 0 Å². The Morgan fingerprint density at radius 1 is 1.40 bits per heavy atom. The molecule has 0 spiro atoms. The molecule has 0 amide bonds. The third kappa shape index (κ3) is 2.43. The van der Waals surface area contributed by atoms with Gasteiger partial charge in [-0.3, -0.25) is 4.68 Å². The molecule has 0 aliphatic carbocycles. The standard InChI is InChI=1S/C9H12N6/c1-15-3-2-8(14-15)6-13-9-11-4-7(10)5-12-9/h2-5H,6,10H2,1H3,(H,11,12,13). The van der Waals surface area contributed by atoms with Gasteiger partial charge in [-0.2, -0.15) is 5.10 Å². The number of hydrogen-bond acceptors (Lipinski definition) is 5. The van der Waals surface area contributed by atoms with Gasteiger partial charge >= 0.3 is 0 Å². The normalized spacial score (nSPS) is 10.2. The first-order valence-corrected chi connectivity index (χ1v) is 4.54. The molecular weight excluding hydrogens is 192 g/mol. The summed E-state index contributed by atoms with van der Waals surface area (Å²) in [4.78, 5) is 8.04. The van der Waals surface area contributed by atoms with Crippen LogP contribution in [0.4, 0.5) is 11.6 Å². The van der Waals surface area contributed by atoms with Crippen LogP contribution in [-0.4, -0.2) is 19.7 Å². The molecule has 6 heteroatoms. The van der Waals surface area contributed by atoms with Crippen LogP contribution in [0.25, 0.3) is 0 Å². The van der Waals surface area contributed by atoms with Gasteiger partial charge in [-0.25, -0.2) is 9.97 Å². The lowest BCUT2D eigenvalue weighted by atomic mass is 10.4. The van der Waals surface area contributed by atoms with Gasteiger partial charge in [0.1, 0.15) is 0 Å². The van der Waals surface area contributed by atoms with E-state index in [9.17, 15) is 0 Å². The molecule has 0 aromatic carbocycles. The molecular formula is C9H12N6. The summed E-state index contributed by atoms with van der Waals surface area (Å²) in [5.74, 6) is 0.551. The molecule has 6 nitrogen and oxygen atoms in total. The Labute approximate surface area is 87.2 Å². The van der Waals surface area contributed by atoms with Crippen molar-refractivity contribution in [3.63, 3.8) is 0 Å². The van der Waals surface area contributed by atoms with Gasteiger partial charge in [-0.1, -0.05) is 0 Å². The summed E-state index contributed by atoms with van der Waals surface area (Å²) in [5.41, 5.74) is 6.97. The number of nitrogens with two attached hydrogens (primary N) is 1. The highest BCUT2D eigenvalue weighted by Gasteiger charge is 1.98. The first-order valence-electron chi connectivity index (χ1n) is 4.54. The fraction of sp³-hybridized carbons (Fsp3) is 0.222. The summed E-state index contributed by atoms with van der Waals surface area (Å²) < 4.78 is 1.75. The largest absolute Gasteiger partial charge is 0.396 e. The molecule has 2 rings (SSSR count). The predicted molar refractivity (Wildman–Crippen MR) is 57.0 cm³/mol. The van der Waals surface area contributed by atoms with Crippen molar-refractivity contribution in [1.82, 2.24) is 19.7 Å². The van der Waals surface area contributed by atoms with Crippen LogP contribution in [0.5, 0.6) is 0 Å². The minimum Gasteiger partial charge on any atom is -0.396 e. The maximum atomic E-state index is 5.47. The van der Waals surface area contributed by atoms with Gasteiger partial charge in [0.2, 0.25) is 5.95 Å². The van der Waals surface area contributed by atoms with Crippen molar-refractivity contribution in [2.75, 3.05) is 11.1 Å². The number of nitrogens with zero attached hydrogens (tertiary/aromatic N) is 4. The second kappa shape index (κ2) is 3.95. The molecule has 78 valence electrons. The minimum absolute atomic E-state index is 0.551. The molecule has 0 fully saturated rings. The first-order chi connectivity index (χ1) is 7.24. The van der Waals surface area contributed by atoms with E-state index in [-0.39, 0.29) is 0 Å². The van der Waals surface area contributed by atoms with Crippen molar-refractivity contribution in [2.45, 2.75) is 6.54 Å². The number of nitrogens with one attached hydrogen (secondary N) is 1. The van der Waals surface area contributed by atoms with Gasteiger partial charge in [0.15, 0.2) is 0 Å². The zero-order valence-corrected chi connectivity index (χ0v) is 8.38. The lowest BCUT2D eigenvalue weighted by molar-refractivity contribution is 0.746. The highest BCUT2D eigenvalue weighted by Crippen LogP contribution is 2.02. The zero-order valence-electron chi connectivity index (χ0n) is 8.38. The van der Waals surface area contributed by atoms with E-state index < -0.39 is 0 Å². The zero-order chi connectivity index (χ0) is 10.7. The maximum Gasteiger partial charge on any atom is 0.223 e. The molecule has 0 bridgehead atoms. The molecule has 0 radical (unpaired) electrons. The van der Waals surface area contributed by atoms with E-state index in [1.807, 2.05) is 19.3 Å². The van der Waals surface area contributed by atoms with E-state index in [1.54, 1.807) is 17.1 Å². The Hall–Kier alpha value is -2.11. The highest BCUT2D eigenvalue weighted by molar-refractivity contribution is 5.35. The van der Waals surface area contributed by atoms with Gasteiger partial charge in [0.05, 0.1) is 30.3 Å². The van der Waals surface area contributed by atoms with Crippen molar-refractivity contribution >= 4 is 11.6 Å². The third-order valence-corrected chi connectivity index (χ3v) is 1.87. The fourth-order valence-electron chi connectivity index (χ4n) is 1.16. The van der Waals surface area contributed by atoms with Crippen LogP contribution in [-0.2, 0) is 13.6 Å². The summed E-state index contributed by atoms with van der Waals surface area (Å²) >= 11 is 0. The van der Waals surface area contributed by atoms with Gasteiger partial charge in [0.25, 0.3) is 0 Å². The average Bonchev–Trinajstić information content (AvgIpc) is 2.64. The van der Waals surface area contributed by atoms with Gasteiger partial charge in [-0.05, 0) is 6.07 Å². The predicted octanol–water partition coefficient (Wildman–Crippen LogP) is 0.404. The van der Waals surface area contributed by atoms with Crippen molar-refractivity contribution < 1.29 is 0 Å². The molecule has 2 aromatic rings. The second-order valence-corrected chi connectivity index (χ2v) is 3.17. The minimum atomic E-state index is 0.551. The summed E-state index contributed by atoms with van der Waals surface area (Å²) in [6, 6.07) is 1.93. The number of anilines is 2. The SMILES string of the molecule is Cn1ccc(CNc2ncc(N)cn2)n1. The van der Waals surface area contributed by atoms with Gasteiger partial charge < -0.3 is 11.1 Å². The smallest absolute Gasteiger partial charge is 0.223 e. The molecule has 15 heavy (non-hydrogen) atoms. The summed E-state index contributed by atoms with van der Waals surface area (Å²) in [6.45, 7) is 0.602. The first kappa shape index (κ1) is 9.45.